The first kappa shape index (κ1) is 39.6. The van der Waals surface area contributed by atoms with Crippen molar-refractivity contribution in [2.45, 2.75) is 78.1 Å². The molecule has 5 nitrogen and oxygen atoms in total. The lowest BCUT2D eigenvalue weighted by Crippen LogP contribution is -2.27. The Hall–Kier alpha value is -7.50. The number of fused-ring (bicyclic) bond motifs is 17. The van der Waals surface area contributed by atoms with Crippen LogP contribution in [0.15, 0.2) is 152 Å². The van der Waals surface area contributed by atoms with Crippen molar-refractivity contribution >= 4 is 67.4 Å². The molecule has 0 amide bonds. The first-order valence-electron chi connectivity index (χ1n) is 24.2. The van der Waals surface area contributed by atoms with Gasteiger partial charge in [0.1, 0.15) is 22.3 Å². The van der Waals surface area contributed by atoms with Gasteiger partial charge in [0, 0.05) is 73.9 Å². The van der Waals surface area contributed by atoms with Crippen molar-refractivity contribution in [2.75, 3.05) is 11.4 Å². The molecule has 0 unspecified atom stereocenters. The molecule has 5 heteroatoms. The van der Waals surface area contributed by atoms with Crippen LogP contribution in [0.3, 0.4) is 0 Å². The summed E-state index contributed by atoms with van der Waals surface area (Å²) in [6.07, 6.45) is 2.85. The standard InChI is InChI=1S/C63H51N3O2/c1-34-18-21-38(35(2)28-34)44-32-51-55(58-42-15-10-12-17-53(42)68-59(44)58)40-23-20-37(30-48(40)63(51,7)8)66(60-64-26-13-27-65-60)36-19-22-39-43-31-50-45(33-49(43)62(5,6)47(39)29-36)56-46(61(50,3)4)24-25-54-57(56)41-14-9-11-16-52(41)67-54/h9-12,14-26,28-33H,13,27H2,1-8H3. The maximum absolute atomic E-state index is 6.84. The molecule has 0 saturated carbocycles. The molecular formula is C63H51N3O2. The minimum absolute atomic E-state index is 0.175. The summed E-state index contributed by atoms with van der Waals surface area (Å²) in [5.74, 6) is 0.715. The predicted octanol–water partition coefficient (Wildman–Crippen LogP) is 16.7. The third-order valence-corrected chi connectivity index (χ3v) is 16.3. The van der Waals surface area contributed by atoms with E-state index in [9.17, 15) is 0 Å². The maximum atomic E-state index is 6.84. The number of aryl methyl sites for hydroxylation is 2. The van der Waals surface area contributed by atoms with Crippen LogP contribution in [0.1, 0.15) is 92.5 Å². The topological polar surface area (TPSA) is 54.2 Å². The van der Waals surface area contributed by atoms with Crippen molar-refractivity contribution < 1.29 is 8.83 Å². The third kappa shape index (κ3) is 5.11. The molecule has 10 aromatic rings. The van der Waals surface area contributed by atoms with Crippen molar-refractivity contribution in [2.24, 2.45) is 9.98 Å². The molecule has 0 fully saturated rings. The fourth-order valence-corrected chi connectivity index (χ4v) is 12.9. The van der Waals surface area contributed by atoms with E-state index >= 15 is 0 Å². The molecule has 2 aromatic heterocycles. The molecule has 8 aromatic carbocycles. The number of para-hydroxylation sites is 2. The largest absolute Gasteiger partial charge is 0.456 e. The van der Waals surface area contributed by atoms with Crippen LogP contribution in [0.25, 0.3) is 88.4 Å². The molecule has 1 aliphatic heterocycles. The monoisotopic (exact) mass is 881 g/mol. The lowest BCUT2D eigenvalue weighted by molar-refractivity contribution is 0.651. The van der Waals surface area contributed by atoms with Crippen molar-refractivity contribution in [3.8, 4) is 44.5 Å². The minimum atomic E-state index is -0.313. The zero-order valence-electron chi connectivity index (χ0n) is 39.9. The second-order valence-corrected chi connectivity index (χ2v) is 21.3. The molecule has 3 heterocycles. The van der Waals surface area contributed by atoms with Gasteiger partial charge in [-0.05, 0) is 152 Å². The highest BCUT2D eigenvalue weighted by Crippen LogP contribution is 2.60. The van der Waals surface area contributed by atoms with Crippen LogP contribution in [0.4, 0.5) is 11.4 Å². The fourth-order valence-electron chi connectivity index (χ4n) is 12.9. The molecule has 0 N–H and O–H groups in total. The molecule has 0 bridgehead atoms. The maximum Gasteiger partial charge on any atom is 0.229 e. The summed E-state index contributed by atoms with van der Waals surface area (Å²) in [4.78, 5) is 12.4. The minimum Gasteiger partial charge on any atom is -0.456 e. The van der Waals surface area contributed by atoms with E-state index < -0.39 is 0 Å². The summed E-state index contributed by atoms with van der Waals surface area (Å²) < 4.78 is 13.3. The van der Waals surface area contributed by atoms with Crippen molar-refractivity contribution in [3.63, 3.8) is 0 Å². The Bertz CT molecular complexity index is 3980. The van der Waals surface area contributed by atoms with Gasteiger partial charge in [-0.3, -0.25) is 9.89 Å². The number of hydrogen-bond donors (Lipinski definition) is 0. The van der Waals surface area contributed by atoms with E-state index in [1.165, 1.54) is 99.6 Å². The number of guanidine groups is 1. The van der Waals surface area contributed by atoms with Gasteiger partial charge < -0.3 is 8.83 Å². The summed E-state index contributed by atoms with van der Waals surface area (Å²) >= 11 is 0. The number of benzene rings is 8. The zero-order valence-corrected chi connectivity index (χ0v) is 39.9. The second-order valence-electron chi connectivity index (χ2n) is 21.3. The quantitative estimate of drug-likeness (QED) is 0.178. The van der Waals surface area contributed by atoms with Gasteiger partial charge >= 0.3 is 0 Å². The van der Waals surface area contributed by atoms with E-state index in [0.29, 0.717) is 12.5 Å². The van der Waals surface area contributed by atoms with E-state index in [4.69, 9.17) is 18.8 Å². The Morgan fingerprint density at radius 3 is 1.79 bits per heavy atom. The summed E-state index contributed by atoms with van der Waals surface area (Å²) in [5.41, 5.74) is 25.7. The van der Waals surface area contributed by atoms with Crippen molar-refractivity contribution in [1.29, 1.82) is 0 Å². The van der Waals surface area contributed by atoms with Crippen molar-refractivity contribution in [1.82, 2.24) is 0 Å². The number of anilines is 2. The molecule has 3 aliphatic carbocycles. The second kappa shape index (κ2) is 13.4. The van der Waals surface area contributed by atoms with Crippen LogP contribution in [-0.4, -0.2) is 18.7 Å². The van der Waals surface area contributed by atoms with E-state index in [0.717, 1.165) is 51.1 Å². The lowest BCUT2D eigenvalue weighted by atomic mass is 9.79. The molecule has 68 heavy (non-hydrogen) atoms. The van der Waals surface area contributed by atoms with Crippen LogP contribution in [0.5, 0.6) is 0 Å². The summed E-state index contributed by atoms with van der Waals surface area (Å²) in [7, 11) is 0. The van der Waals surface area contributed by atoms with E-state index in [-0.39, 0.29) is 16.2 Å². The van der Waals surface area contributed by atoms with Gasteiger partial charge in [0.2, 0.25) is 5.96 Å². The third-order valence-electron chi connectivity index (χ3n) is 16.3. The SMILES string of the molecule is Cc1ccc(-c2cc3c(c4c2oc2ccccc24)-c2ccc(N(C4=NCCC=N4)c4ccc5c(c4)C(C)(C)c4cc6c(cc4-5)C(C)(C)c4ccc5oc7ccccc7c5c4-6)cc2C3(C)C)c(C)c1. The molecule has 14 rings (SSSR count). The van der Waals surface area contributed by atoms with E-state index in [2.05, 4.69) is 194 Å². The number of rotatable bonds is 3. The first-order chi connectivity index (χ1) is 32.8. The van der Waals surface area contributed by atoms with E-state index in [1.807, 2.05) is 6.21 Å². The van der Waals surface area contributed by atoms with E-state index in [1.54, 1.807) is 0 Å². The van der Waals surface area contributed by atoms with Crippen LogP contribution < -0.4 is 4.90 Å². The first-order valence-corrected chi connectivity index (χ1v) is 24.2. The van der Waals surface area contributed by atoms with Gasteiger partial charge in [-0.2, -0.15) is 0 Å². The Balaban J connectivity index is 0.922. The normalized spacial score (nSPS) is 16.5. The van der Waals surface area contributed by atoms with Gasteiger partial charge in [0.25, 0.3) is 0 Å². The van der Waals surface area contributed by atoms with Crippen molar-refractivity contribution in [3.05, 3.63) is 178 Å². The van der Waals surface area contributed by atoms with Gasteiger partial charge in [0.15, 0.2) is 0 Å². The fraction of sp³-hybridized carbons (Fsp3) is 0.206. The Morgan fingerprint density at radius 2 is 1.06 bits per heavy atom. The summed E-state index contributed by atoms with van der Waals surface area (Å²) in [5, 5.41) is 4.73. The zero-order chi connectivity index (χ0) is 46.2. The van der Waals surface area contributed by atoms with Gasteiger partial charge in [-0.25, -0.2) is 4.99 Å². The molecule has 0 atom stereocenters. The highest BCUT2D eigenvalue weighted by molar-refractivity contribution is 6.19. The van der Waals surface area contributed by atoms with Crippen LogP contribution >= 0.6 is 0 Å². The molecule has 0 spiro atoms. The summed E-state index contributed by atoms with van der Waals surface area (Å²) in [6.45, 7) is 19.4. The predicted molar refractivity (Wildman–Crippen MR) is 283 cm³/mol. The highest BCUT2D eigenvalue weighted by atomic mass is 16.3. The van der Waals surface area contributed by atoms with Gasteiger partial charge in [-0.1, -0.05) is 120 Å². The number of aliphatic imine (C=N–C) groups is 2. The molecular weight excluding hydrogens is 831 g/mol. The van der Waals surface area contributed by atoms with Crippen LogP contribution in [0, 0.1) is 13.8 Å². The molecule has 0 radical (unpaired) electrons. The lowest BCUT2D eigenvalue weighted by Gasteiger charge is -2.29. The molecule has 4 aliphatic rings. The Morgan fingerprint density at radius 1 is 0.471 bits per heavy atom. The number of hydrogen-bond acceptors (Lipinski definition) is 5. The average Bonchev–Trinajstić information content (AvgIpc) is 4.08. The number of nitrogens with zero attached hydrogens (tertiary/aromatic N) is 3. The number of furan rings is 2. The highest BCUT2D eigenvalue weighted by Gasteiger charge is 2.44. The average molecular weight is 882 g/mol. The Kier molecular flexibility index (Phi) is 7.78. The summed E-state index contributed by atoms with van der Waals surface area (Å²) in [6, 6.07) is 49.7. The molecule has 330 valence electrons. The van der Waals surface area contributed by atoms with Crippen LogP contribution in [0.2, 0.25) is 0 Å². The Labute approximate surface area is 396 Å². The van der Waals surface area contributed by atoms with Gasteiger partial charge in [0.05, 0.1) is 0 Å². The van der Waals surface area contributed by atoms with Gasteiger partial charge in [-0.15, -0.1) is 0 Å². The smallest absolute Gasteiger partial charge is 0.229 e. The molecule has 0 saturated heterocycles. The van der Waals surface area contributed by atoms with Crippen LogP contribution in [-0.2, 0) is 16.2 Å².